The van der Waals surface area contributed by atoms with E-state index in [1.807, 2.05) is 6.92 Å². The zero-order valence-electron chi connectivity index (χ0n) is 6.86. The summed E-state index contributed by atoms with van der Waals surface area (Å²) in [5.41, 5.74) is -1.10. The molecule has 0 radical (unpaired) electrons. The average Bonchev–Trinajstić information content (AvgIpc) is 2.08. The Bertz CT molecular complexity index is 127. The van der Waals surface area contributed by atoms with Crippen LogP contribution in [0.25, 0.3) is 0 Å². The van der Waals surface area contributed by atoms with Crippen molar-refractivity contribution in [3.05, 3.63) is 0 Å². The van der Waals surface area contributed by atoms with E-state index in [9.17, 15) is 4.39 Å². The number of hydrogen-bond acceptors (Lipinski definition) is 1. The van der Waals surface area contributed by atoms with Gasteiger partial charge in [-0.2, -0.15) is 0 Å². The molecule has 3 heteroatoms. The maximum atomic E-state index is 13.3. The number of halogens is 1. The molecule has 1 unspecified atom stereocenters. The van der Waals surface area contributed by atoms with Gasteiger partial charge in [0.1, 0.15) is 13.5 Å². The molecule has 0 bridgehead atoms. The van der Waals surface area contributed by atoms with Gasteiger partial charge in [-0.25, -0.2) is 4.39 Å². The molecule has 1 aliphatic heterocycles. The monoisotopic (exact) mass is 144 g/mol. The minimum Gasteiger partial charge on any atom is -0.381 e. The van der Waals surface area contributed by atoms with Gasteiger partial charge in [0.15, 0.2) is 0 Å². The van der Waals surface area contributed by atoms with Gasteiger partial charge in [-0.1, -0.05) is 6.92 Å². The van der Waals surface area contributed by atoms with Gasteiger partial charge in [0, 0.05) is 6.42 Å². The molecule has 1 heterocycles. The van der Waals surface area contributed by atoms with Crippen molar-refractivity contribution in [1.82, 2.24) is 0 Å². The van der Waals surface area contributed by atoms with E-state index in [1.54, 1.807) is 14.8 Å². The number of hydrogen-bond donors (Lipinski definition) is 0. The van der Waals surface area contributed by atoms with Crippen molar-refractivity contribution in [2.75, 3.05) is 0 Å². The van der Waals surface area contributed by atoms with Crippen molar-refractivity contribution in [1.29, 1.82) is 0 Å². The normalized spacial score (nSPS) is 47.9. The van der Waals surface area contributed by atoms with E-state index in [2.05, 4.69) is 0 Å². The van der Waals surface area contributed by atoms with E-state index in [1.165, 1.54) is 0 Å². The second-order valence-corrected chi connectivity index (χ2v) is 3.29. The van der Waals surface area contributed by atoms with Crippen molar-refractivity contribution in [2.24, 2.45) is 0 Å². The molecule has 0 aromatic carbocycles. The largest absolute Gasteiger partial charge is 0.381 e. The summed E-state index contributed by atoms with van der Waals surface area (Å²) in [6.07, 6.45) is 1.62. The summed E-state index contributed by atoms with van der Waals surface area (Å²) in [6.45, 7) is 3.64. The lowest BCUT2D eigenvalue weighted by atomic mass is 9.85. The molecule has 3 atom stereocenters. The second-order valence-electron chi connectivity index (χ2n) is 3.29. The Morgan fingerprint density at radius 1 is 1.80 bits per heavy atom. The molecule has 0 saturated carbocycles. The lowest BCUT2D eigenvalue weighted by Crippen LogP contribution is -2.29. The highest BCUT2D eigenvalue weighted by Crippen LogP contribution is 2.33. The summed E-state index contributed by atoms with van der Waals surface area (Å²) in [5.74, 6) is 0. The molecule has 0 amide bonds. The van der Waals surface area contributed by atoms with E-state index < -0.39 is 5.67 Å². The molecule has 1 saturated heterocycles. The first-order valence-electron chi connectivity index (χ1n) is 3.90. The maximum absolute atomic E-state index is 13.3. The molecule has 1 fully saturated rings. The standard InChI is InChI=1S/C7H14BFO/c1-3-5-4-7(2,9)6(8)10-5/h5-6H,3-4,8H2,1-2H3/t5?,6-,7-/m1/s1. The van der Waals surface area contributed by atoms with Crippen molar-refractivity contribution in [3.63, 3.8) is 0 Å². The van der Waals surface area contributed by atoms with Gasteiger partial charge in [-0.15, -0.1) is 0 Å². The number of rotatable bonds is 1. The zero-order valence-corrected chi connectivity index (χ0v) is 6.86. The van der Waals surface area contributed by atoms with Gasteiger partial charge >= 0.3 is 0 Å². The van der Waals surface area contributed by atoms with Gasteiger partial charge in [0.05, 0.1) is 12.1 Å². The molecule has 0 aromatic heterocycles. The predicted molar refractivity (Wildman–Crippen MR) is 41.6 cm³/mol. The third-order valence-electron chi connectivity index (χ3n) is 2.33. The first-order chi connectivity index (χ1) is 4.56. The molecule has 0 aromatic rings. The Morgan fingerprint density at radius 3 is 2.60 bits per heavy atom. The second kappa shape index (κ2) is 2.53. The lowest BCUT2D eigenvalue weighted by Gasteiger charge is -2.15. The Morgan fingerprint density at radius 2 is 2.40 bits per heavy atom. The van der Waals surface area contributed by atoms with Crippen LogP contribution in [0.4, 0.5) is 4.39 Å². The van der Waals surface area contributed by atoms with Crippen LogP contribution in [0, 0.1) is 0 Å². The highest BCUT2D eigenvalue weighted by molar-refractivity contribution is 6.12. The molecule has 1 nitrogen and oxygen atoms in total. The minimum atomic E-state index is -1.10. The molecular weight excluding hydrogens is 130 g/mol. The molecule has 1 aliphatic rings. The van der Waals surface area contributed by atoms with E-state index in [0.29, 0.717) is 6.42 Å². The summed E-state index contributed by atoms with van der Waals surface area (Å²) in [7, 11) is 1.80. The number of alkyl halides is 1. The fourth-order valence-electron chi connectivity index (χ4n) is 1.33. The van der Waals surface area contributed by atoms with Crippen LogP contribution in [-0.4, -0.2) is 25.6 Å². The Kier molecular flexibility index (Phi) is 2.04. The zero-order chi connectivity index (χ0) is 7.78. The SMILES string of the molecule is B[C@@H]1OC(CC)C[C@@]1(C)F. The van der Waals surface area contributed by atoms with Crippen LogP contribution in [0.3, 0.4) is 0 Å². The van der Waals surface area contributed by atoms with Crippen molar-refractivity contribution in [3.8, 4) is 0 Å². The lowest BCUT2D eigenvalue weighted by molar-refractivity contribution is 0.0546. The van der Waals surface area contributed by atoms with Gasteiger partial charge in [-0.3, -0.25) is 0 Å². The fourth-order valence-corrected chi connectivity index (χ4v) is 1.33. The quantitative estimate of drug-likeness (QED) is 0.496. The average molecular weight is 144 g/mol. The molecule has 0 N–H and O–H groups in total. The van der Waals surface area contributed by atoms with Gasteiger partial charge in [-0.05, 0) is 13.3 Å². The molecule has 0 aliphatic carbocycles. The number of ether oxygens (including phenoxy) is 1. The van der Waals surface area contributed by atoms with Crippen molar-refractivity contribution in [2.45, 2.75) is 44.5 Å². The fraction of sp³-hybridized carbons (Fsp3) is 1.00. The summed E-state index contributed by atoms with van der Waals surface area (Å²) in [4.78, 5) is 0. The van der Waals surface area contributed by atoms with Gasteiger partial charge in [0.2, 0.25) is 0 Å². The molecular formula is C7H14BFO. The summed E-state index contributed by atoms with van der Waals surface area (Å²) >= 11 is 0. The summed E-state index contributed by atoms with van der Waals surface area (Å²) in [5, 5.41) is 0. The van der Waals surface area contributed by atoms with E-state index in [0.717, 1.165) is 6.42 Å². The molecule has 1 rings (SSSR count). The van der Waals surface area contributed by atoms with Crippen LogP contribution in [0.1, 0.15) is 26.7 Å². The van der Waals surface area contributed by atoms with Gasteiger partial charge in [0.25, 0.3) is 0 Å². The van der Waals surface area contributed by atoms with Crippen LogP contribution in [0.2, 0.25) is 0 Å². The van der Waals surface area contributed by atoms with Crippen molar-refractivity contribution < 1.29 is 9.13 Å². The van der Waals surface area contributed by atoms with Crippen LogP contribution < -0.4 is 0 Å². The topological polar surface area (TPSA) is 9.23 Å². The smallest absolute Gasteiger partial charge is 0.143 e. The molecule has 10 heavy (non-hydrogen) atoms. The molecule has 58 valence electrons. The van der Waals surface area contributed by atoms with Crippen LogP contribution in [-0.2, 0) is 4.74 Å². The van der Waals surface area contributed by atoms with E-state index >= 15 is 0 Å². The Labute approximate surface area is 62.4 Å². The first kappa shape index (κ1) is 8.06. The maximum Gasteiger partial charge on any atom is 0.143 e. The minimum absolute atomic E-state index is 0.144. The summed E-state index contributed by atoms with van der Waals surface area (Å²) < 4.78 is 18.7. The van der Waals surface area contributed by atoms with Crippen LogP contribution in [0.5, 0.6) is 0 Å². The highest BCUT2D eigenvalue weighted by atomic mass is 19.1. The first-order valence-corrected chi connectivity index (χ1v) is 3.90. The predicted octanol–water partition coefficient (Wildman–Crippen LogP) is 0.873. The van der Waals surface area contributed by atoms with Gasteiger partial charge < -0.3 is 4.74 Å². The van der Waals surface area contributed by atoms with Crippen molar-refractivity contribution >= 4 is 7.85 Å². The third kappa shape index (κ3) is 1.34. The Balaban J connectivity index is 2.53. The van der Waals surface area contributed by atoms with E-state index in [4.69, 9.17) is 4.74 Å². The Hall–Kier alpha value is -0.0451. The third-order valence-corrected chi connectivity index (χ3v) is 2.33. The molecule has 0 spiro atoms. The van der Waals surface area contributed by atoms with Crippen LogP contribution in [0.15, 0.2) is 0 Å². The van der Waals surface area contributed by atoms with Crippen LogP contribution >= 0.6 is 0 Å². The highest BCUT2D eigenvalue weighted by Gasteiger charge is 2.41. The summed E-state index contributed by atoms with van der Waals surface area (Å²) in [6, 6.07) is -0.225. The van der Waals surface area contributed by atoms with E-state index in [-0.39, 0.29) is 12.1 Å².